The van der Waals surface area contributed by atoms with Crippen LogP contribution in [0.1, 0.15) is 29.9 Å². The third-order valence-corrected chi connectivity index (χ3v) is 3.33. The Balaban J connectivity index is 2.26. The summed E-state index contributed by atoms with van der Waals surface area (Å²) in [5, 5.41) is 3.17. The Morgan fingerprint density at radius 1 is 1.19 bits per heavy atom. The van der Waals surface area contributed by atoms with Gasteiger partial charge >= 0.3 is 0 Å². The molecule has 1 amide bonds. The number of rotatable bonds is 5. The van der Waals surface area contributed by atoms with Crippen LogP contribution in [0.4, 0.5) is 11.4 Å². The van der Waals surface area contributed by atoms with Crippen LogP contribution in [0, 0.1) is 6.92 Å². The molecule has 0 saturated heterocycles. The van der Waals surface area contributed by atoms with Crippen LogP contribution in [0.5, 0.6) is 0 Å². The molecule has 4 heteroatoms. The van der Waals surface area contributed by atoms with E-state index in [1.54, 1.807) is 17.2 Å². The lowest BCUT2D eigenvalue weighted by atomic mass is 10.1. The van der Waals surface area contributed by atoms with E-state index in [1.165, 1.54) is 0 Å². The van der Waals surface area contributed by atoms with Crippen LogP contribution < -0.4 is 10.2 Å². The first-order valence-corrected chi connectivity index (χ1v) is 7.24. The van der Waals surface area contributed by atoms with E-state index < -0.39 is 0 Å². The van der Waals surface area contributed by atoms with E-state index in [2.05, 4.69) is 10.3 Å². The standard InChI is InChI=1S/C17H21N3O/c1-4-18-14-10-11-15(19-12-14)17(21)20(5-2)16-9-7-6-8-13(16)3/h6-12,18H,4-5H2,1-3H3. The van der Waals surface area contributed by atoms with Crippen molar-refractivity contribution in [3.8, 4) is 0 Å². The van der Waals surface area contributed by atoms with Crippen LogP contribution in [0.3, 0.4) is 0 Å². The molecule has 0 unspecified atom stereocenters. The van der Waals surface area contributed by atoms with Crippen LogP contribution in [0.25, 0.3) is 0 Å². The van der Waals surface area contributed by atoms with Crippen LogP contribution in [0.2, 0.25) is 0 Å². The summed E-state index contributed by atoms with van der Waals surface area (Å²) in [5.41, 5.74) is 3.40. The molecular weight excluding hydrogens is 262 g/mol. The van der Waals surface area contributed by atoms with E-state index >= 15 is 0 Å². The topological polar surface area (TPSA) is 45.2 Å². The van der Waals surface area contributed by atoms with Crippen molar-refractivity contribution in [3.63, 3.8) is 0 Å². The fourth-order valence-electron chi connectivity index (χ4n) is 2.26. The number of hydrogen-bond donors (Lipinski definition) is 1. The van der Waals surface area contributed by atoms with Gasteiger partial charge in [-0.25, -0.2) is 4.98 Å². The number of carbonyl (C=O) groups excluding carboxylic acids is 1. The van der Waals surface area contributed by atoms with Crippen LogP contribution in [-0.2, 0) is 0 Å². The number of carbonyl (C=O) groups is 1. The molecule has 1 aromatic carbocycles. The van der Waals surface area contributed by atoms with E-state index in [0.29, 0.717) is 12.2 Å². The maximum atomic E-state index is 12.6. The summed E-state index contributed by atoms with van der Waals surface area (Å²) in [7, 11) is 0. The summed E-state index contributed by atoms with van der Waals surface area (Å²) in [5.74, 6) is -0.0742. The lowest BCUT2D eigenvalue weighted by molar-refractivity contribution is 0.0983. The Morgan fingerprint density at radius 2 is 1.95 bits per heavy atom. The van der Waals surface area contributed by atoms with Crippen LogP contribution >= 0.6 is 0 Å². The molecule has 0 atom stereocenters. The molecule has 0 radical (unpaired) electrons. The minimum absolute atomic E-state index is 0.0742. The number of amides is 1. The molecular formula is C17H21N3O. The first-order valence-electron chi connectivity index (χ1n) is 7.24. The van der Waals surface area contributed by atoms with Gasteiger partial charge in [0.2, 0.25) is 0 Å². The third kappa shape index (κ3) is 3.40. The third-order valence-electron chi connectivity index (χ3n) is 3.33. The smallest absolute Gasteiger partial charge is 0.276 e. The first-order chi connectivity index (χ1) is 10.2. The number of anilines is 2. The zero-order chi connectivity index (χ0) is 15.2. The van der Waals surface area contributed by atoms with E-state index in [-0.39, 0.29) is 5.91 Å². The number of pyridine rings is 1. The average molecular weight is 283 g/mol. The molecule has 0 aliphatic carbocycles. The van der Waals surface area contributed by atoms with E-state index in [4.69, 9.17) is 0 Å². The van der Waals surface area contributed by atoms with Gasteiger partial charge in [-0.2, -0.15) is 0 Å². The van der Waals surface area contributed by atoms with Crippen molar-refractivity contribution >= 4 is 17.3 Å². The molecule has 4 nitrogen and oxygen atoms in total. The highest BCUT2D eigenvalue weighted by Gasteiger charge is 2.18. The van der Waals surface area contributed by atoms with E-state index in [0.717, 1.165) is 23.5 Å². The highest BCUT2D eigenvalue weighted by molar-refractivity contribution is 6.05. The van der Waals surface area contributed by atoms with Crippen molar-refractivity contribution < 1.29 is 4.79 Å². The quantitative estimate of drug-likeness (QED) is 0.913. The van der Waals surface area contributed by atoms with Crippen molar-refractivity contribution in [2.45, 2.75) is 20.8 Å². The number of benzene rings is 1. The summed E-state index contributed by atoms with van der Waals surface area (Å²) < 4.78 is 0. The van der Waals surface area contributed by atoms with E-state index in [9.17, 15) is 4.79 Å². The molecule has 0 bridgehead atoms. The molecule has 0 spiro atoms. The number of nitrogens with one attached hydrogen (secondary N) is 1. The molecule has 1 aromatic heterocycles. The average Bonchev–Trinajstić information content (AvgIpc) is 2.51. The summed E-state index contributed by atoms with van der Waals surface area (Å²) in [6, 6.07) is 11.5. The molecule has 0 saturated carbocycles. The van der Waals surface area contributed by atoms with Gasteiger partial charge in [0.25, 0.3) is 5.91 Å². The van der Waals surface area contributed by atoms with Gasteiger partial charge in [0, 0.05) is 18.8 Å². The van der Waals surface area contributed by atoms with Gasteiger partial charge in [-0.15, -0.1) is 0 Å². The van der Waals surface area contributed by atoms with Gasteiger partial charge < -0.3 is 10.2 Å². The predicted molar refractivity (Wildman–Crippen MR) is 86.9 cm³/mol. The normalized spacial score (nSPS) is 10.2. The number of aryl methyl sites for hydroxylation is 1. The number of aromatic nitrogens is 1. The largest absolute Gasteiger partial charge is 0.384 e. The highest BCUT2D eigenvalue weighted by atomic mass is 16.2. The number of hydrogen-bond acceptors (Lipinski definition) is 3. The minimum atomic E-state index is -0.0742. The van der Waals surface area contributed by atoms with E-state index in [1.807, 2.05) is 51.1 Å². The maximum Gasteiger partial charge on any atom is 0.276 e. The minimum Gasteiger partial charge on any atom is -0.384 e. The fourth-order valence-corrected chi connectivity index (χ4v) is 2.26. The Kier molecular flexibility index (Phi) is 4.93. The Hall–Kier alpha value is -2.36. The Labute approximate surface area is 125 Å². The van der Waals surface area contributed by atoms with Gasteiger partial charge in [0.1, 0.15) is 5.69 Å². The number of nitrogens with zero attached hydrogens (tertiary/aromatic N) is 2. The second kappa shape index (κ2) is 6.88. The molecule has 0 aliphatic rings. The second-order valence-electron chi connectivity index (χ2n) is 4.80. The van der Waals surface area contributed by atoms with Crippen molar-refractivity contribution in [1.29, 1.82) is 0 Å². The van der Waals surface area contributed by atoms with Gasteiger partial charge in [-0.1, -0.05) is 18.2 Å². The first kappa shape index (κ1) is 15.0. The second-order valence-corrected chi connectivity index (χ2v) is 4.80. The lowest BCUT2D eigenvalue weighted by Gasteiger charge is -2.22. The maximum absolute atomic E-state index is 12.6. The number of para-hydroxylation sites is 1. The molecule has 110 valence electrons. The molecule has 0 aliphatic heterocycles. The predicted octanol–water partition coefficient (Wildman–Crippen LogP) is 3.49. The molecule has 21 heavy (non-hydrogen) atoms. The molecule has 2 rings (SSSR count). The molecule has 1 heterocycles. The Morgan fingerprint density at radius 3 is 2.52 bits per heavy atom. The van der Waals surface area contributed by atoms with Gasteiger partial charge in [-0.05, 0) is 44.5 Å². The summed E-state index contributed by atoms with van der Waals surface area (Å²) >= 11 is 0. The molecule has 0 fully saturated rings. The zero-order valence-electron chi connectivity index (χ0n) is 12.8. The SMILES string of the molecule is CCNc1ccc(C(=O)N(CC)c2ccccc2C)nc1. The zero-order valence-corrected chi connectivity index (χ0v) is 12.8. The highest BCUT2D eigenvalue weighted by Crippen LogP contribution is 2.21. The molecule has 2 aromatic rings. The van der Waals surface area contributed by atoms with Crippen molar-refractivity contribution in [2.75, 3.05) is 23.3 Å². The van der Waals surface area contributed by atoms with Crippen molar-refractivity contribution in [2.24, 2.45) is 0 Å². The van der Waals surface area contributed by atoms with Crippen LogP contribution in [0.15, 0.2) is 42.6 Å². The van der Waals surface area contributed by atoms with Gasteiger partial charge in [0.15, 0.2) is 0 Å². The lowest BCUT2D eigenvalue weighted by Crippen LogP contribution is -2.31. The van der Waals surface area contributed by atoms with Gasteiger partial charge in [-0.3, -0.25) is 4.79 Å². The Bertz CT molecular complexity index is 608. The summed E-state index contributed by atoms with van der Waals surface area (Å²) in [6.45, 7) is 7.44. The molecule has 1 N–H and O–H groups in total. The summed E-state index contributed by atoms with van der Waals surface area (Å²) in [6.07, 6.45) is 1.70. The fraction of sp³-hybridized carbons (Fsp3) is 0.294. The van der Waals surface area contributed by atoms with Gasteiger partial charge in [0.05, 0.1) is 11.9 Å². The van der Waals surface area contributed by atoms with Crippen LogP contribution in [-0.4, -0.2) is 24.0 Å². The monoisotopic (exact) mass is 283 g/mol. The van der Waals surface area contributed by atoms with Crippen molar-refractivity contribution in [1.82, 2.24) is 4.98 Å². The summed E-state index contributed by atoms with van der Waals surface area (Å²) in [4.78, 5) is 18.7. The van der Waals surface area contributed by atoms with Crippen molar-refractivity contribution in [3.05, 3.63) is 53.9 Å².